The molecule has 0 fully saturated rings. The third kappa shape index (κ3) is 5.78. The van der Waals surface area contributed by atoms with Crippen LogP contribution in [0.2, 0.25) is 0 Å². The summed E-state index contributed by atoms with van der Waals surface area (Å²) in [5, 5.41) is 7.46. The van der Waals surface area contributed by atoms with E-state index in [1.165, 1.54) is 43.4 Å². The predicted octanol–water partition coefficient (Wildman–Crippen LogP) is 13.3. The molecule has 10 aromatic rings. The van der Waals surface area contributed by atoms with Crippen LogP contribution in [0.5, 0.6) is 0 Å². The van der Waals surface area contributed by atoms with Gasteiger partial charge >= 0.3 is 0 Å². The molecule has 0 atom stereocenters. The van der Waals surface area contributed by atoms with Crippen molar-refractivity contribution in [2.45, 2.75) is 0 Å². The van der Waals surface area contributed by atoms with Gasteiger partial charge in [-0.15, -0.1) is 0 Å². The van der Waals surface area contributed by atoms with E-state index in [4.69, 9.17) is 9.97 Å². The molecule has 252 valence electrons. The summed E-state index contributed by atoms with van der Waals surface area (Å²) < 4.78 is 0. The van der Waals surface area contributed by atoms with Gasteiger partial charge in [-0.2, -0.15) is 0 Å². The molecular formula is C51H33N3. The molecule has 0 unspecified atom stereocenters. The van der Waals surface area contributed by atoms with E-state index >= 15 is 0 Å². The number of benzene rings is 8. The van der Waals surface area contributed by atoms with Crippen LogP contribution >= 0.6 is 0 Å². The van der Waals surface area contributed by atoms with Crippen LogP contribution in [0.25, 0.3) is 99.6 Å². The van der Waals surface area contributed by atoms with E-state index in [9.17, 15) is 0 Å². The average Bonchev–Trinajstić information content (AvgIpc) is 3.26. The van der Waals surface area contributed by atoms with Crippen molar-refractivity contribution >= 4 is 32.3 Å². The van der Waals surface area contributed by atoms with Crippen molar-refractivity contribution in [2.75, 3.05) is 0 Å². The summed E-state index contributed by atoms with van der Waals surface area (Å²) in [6.45, 7) is 0. The second-order valence-corrected chi connectivity index (χ2v) is 13.7. The van der Waals surface area contributed by atoms with Gasteiger partial charge < -0.3 is 0 Å². The molecule has 0 aliphatic carbocycles. The lowest BCUT2D eigenvalue weighted by Crippen LogP contribution is -1.96. The Kier molecular flexibility index (Phi) is 7.81. The molecule has 0 aliphatic heterocycles. The number of aromatic nitrogens is 3. The second-order valence-electron chi connectivity index (χ2n) is 13.7. The number of pyridine rings is 1. The molecule has 0 saturated carbocycles. The standard InChI is InChI=1S/C51H33N3/c1-3-16-43-35(10-1)12-8-20-44(43)39-13-7-14-41(30-39)50-32-49(37-25-21-34(22-26-37)42-15-9-29-52-33-42)53-51(54-50)38-27-23-36(24-28-38)48-31-40-11-2-4-17-45(40)46-18-5-6-19-47(46)48/h1-33H. The number of nitrogens with zero attached hydrogens (tertiary/aromatic N) is 3. The number of hydrogen-bond acceptors (Lipinski definition) is 3. The highest BCUT2D eigenvalue weighted by Gasteiger charge is 2.14. The van der Waals surface area contributed by atoms with Crippen molar-refractivity contribution in [2.24, 2.45) is 0 Å². The van der Waals surface area contributed by atoms with Crippen LogP contribution in [0.4, 0.5) is 0 Å². The fraction of sp³-hybridized carbons (Fsp3) is 0. The molecule has 3 nitrogen and oxygen atoms in total. The van der Waals surface area contributed by atoms with E-state index in [2.05, 4.69) is 187 Å². The Morgan fingerprint density at radius 1 is 0.296 bits per heavy atom. The van der Waals surface area contributed by atoms with Gasteiger partial charge in [0.15, 0.2) is 5.82 Å². The molecule has 2 aromatic heterocycles. The maximum atomic E-state index is 5.24. The van der Waals surface area contributed by atoms with Crippen molar-refractivity contribution in [3.8, 4) is 67.3 Å². The molecule has 2 heterocycles. The van der Waals surface area contributed by atoms with Gasteiger partial charge in [0.25, 0.3) is 0 Å². The quantitative estimate of drug-likeness (QED) is 0.163. The zero-order chi connectivity index (χ0) is 35.8. The van der Waals surface area contributed by atoms with Crippen LogP contribution in [0, 0.1) is 0 Å². The van der Waals surface area contributed by atoms with Gasteiger partial charge in [0.1, 0.15) is 0 Å². The molecule has 10 rings (SSSR count). The third-order valence-corrected chi connectivity index (χ3v) is 10.4. The van der Waals surface area contributed by atoms with Gasteiger partial charge in [0.2, 0.25) is 0 Å². The lowest BCUT2D eigenvalue weighted by Gasteiger charge is -2.13. The van der Waals surface area contributed by atoms with Crippen molar-refractivity contribution in [3.05, 3.63) is 200 Å². The van der Waals surface area contributed by atoms with E-state index in [1.807, 2.05) is 12.3 Å². The van der Waals surface area contributed by atoms with E-state index in [-0.39, 0.29) is 0 Å². The van der Waals surface area contributed by atoms with Gasteiger partial charge in [-0.1, -0.05) is 164 Å². The average molecular weight is 688 g/mol. The summed E-state index contributed by atoms with van der Waals surface area (Å²) in [6, 6.07) is 66.7. The lowest BCUT2D eigenvalue weighted by atomic mass is 9.93. The summed E-state index contributed by atoms with van der Waals surface area (Å²) >= 11 is 0. The van der Waals surface area contributed by atoms with Gasteiger partial charge in [0, 0.05) is 29.1 Å². The third-order valence-electron chi connectivity index (χ3n) is 10.4. The zero-order valence-electron chi connectivity index (χ0n) is 29.4. The minimum absolute atomic E-state index is 0.685. The summed E-state index contributed by atoms with van der Waals surface area (Å²) in [6.07, 6.45) is 3.69. The predicted molar refractivity (Wildman–Crippen MR) is 225 cm³/mol. The summed E-state index contributed by atoms with van der Waals surface area (Å²) in [7, 11) is 0. The maximum absolute atomic E-state index is 5.24. The molecule has 0 saturated heterocycles. The van der Waals surface area contributed by atoms with E-state index in [1.54, 1.807) is 6.20 Å². The Hall–Kier alpha value is -7.23. The molecule has 0 bridgehead atoms. The molecule has 8 aromatic carbocycles. The van der Waals surface area contributed by atoms with Crippen molar-refractivity contribution < 1.29 is 0 Å². The molecule has 0 aliphatic rings. The molecule has 0 N–H and O–H groups in total. The van der Waals surface area contributed by atoms with Crippen LogP contribution < -0.4 is 0 Å². The first-order valence-corrected chi connectivity index (χ1v) is 18.2. The highest BCUT2D eigenvalue weighted by atomic mass is 14.9. The molecule has 0 spiro atoms. The Morgan fingerprint density at radius 3 is 1.69 bits per heavy atom. The normalized spacial score (nSPS) is 11.3. The van der Waals surface area contributed by atoms with Crippen molar-refractivity contribution in [1.29, 1.82) is 0 Å². The highest BCUT2D eigenvalue weighted by Crippen LogP contribution is 2.37. The van der Waals surface area contributed by atoms with Crippen molar-refractivity contribution in [3.63, 3.8) is 0 Å². The van der Waals surface area contributed by atoms with Crippen LogP contribution in [0.1, 0.15) is 0 Å². The smallest absolute Gasteiger partial charge is 0.160 e. The summed E-state index contributed by atoms with van der Waals surface area (Å²) in [4.78, 5) is 14.7. The SMILES string of the molecule is c1cncc(-c2ccc(-c3cc(-c4cccc(-c5cccc6ccccc56)c4)nc(-c4ccc(-c5cc6ccccc6c6ccccc56)cc4)n3)cc2)c1. The topological polar surface area (TPSA) is 38.7 Å². The number of hydrogen-bond donors (Lipinski definition) is 0. The summed E-state index contributed by atoms with van der Waals surface area (Å²) in [5.74, 6) is 0.685. The monoisotopic (exact) mass is 687 g/mol. The molecule has 0 amide bonds. The minimum Gasteiger partial charge on any atom is -0.264 e. The van der Waals surface area contributed by atoms with Gasteiger partial charge in [-0.25, -0.2) is 9.97 Å². The molecule has 3 heteroatoms. The Bertz CT molecular complexity index is 2960. The first kappa shape index (κ1) is 31.5. The minimum atomic E-state index is 0.685. The highest BCUT2D eigenvalue weighted by molar-refractivity contribution is 6.13. The Morgan fingerprint density at radius 2 is 0.889 bits per heavy atom. The summed E-state index contributed by atoms with van der Waals surface area (Å²) in [5.41, 5.74) is 11.7. The fourth-order valence-electron chi connectivity index (χ4n) is 7.65. The van der Waals surface area contributed by atoms with Gasteiger partial charge in [-0.3, -0.25) is 4.98 Å². The van der Waals surface area contributed by atoms with E-state index in [0.717, 1.165) is 50.3 Å². The van der Waals surface area contributed by atoms with Gasteiger partial charge in [0.05, 0.1) is 11.4 Å². The Labute approximate surface area is 313 Å². The second kappa shape index (κ2) is 13.4. The van der Waals surface area contributed by atoms with E-state index in [0.29, 0.717) is 5.82 Å². The first-order valence-electron chi connectivity index (χ1n) is 18.2. The zero-order valence-corrected chi connectivity index (χ0v) is 29.4. The van der Waals surface area contributed by atoms with E-state index < -0.39 is 0 Å². The van der Waals surface area contributed by atoms with Crippen LogP contribution in [-0.2, 0) is 0 Å². The number of fused-ring (bicyclic) bond motifs is 4. The van der Waals surface area contributed by atoms with Crippen LogP contribution in [0.15, 0.2) is 200 Å². The molecular weight excluding hydrogens is 655 g/mol. The van der Waals surface area contributed by atoms with Crippen LogP contribution in [-0.4, -0.2) is 15.0 Å². The largest absolute Gasteiger partial charge is 0.264 e. The molecule has 0 radical (unpaired) electrons. The fourth-order valence-corrected chi connectivity index (χ4v) is 7.65. The Balaban J connectivity index is 1.09. The van der Waals surface area contributed by atoms with Crippen LogP contribution in [0.3, 0.4) is 0 Å². The molecule has 54 heavy (non-hydrogen) atoms. The maximum Gasteiger partial charge on any atom is 0.160 e. The first-order chi connectivity index (χ1) is 26.7. The number of rotatable bonds is 6. The van der Waals surface area contributed by atoms with Gasteiger partial charge in [-0.05, 0) is 90.0 Å². The van der Waals surface area contributed by atoms with Crippen molar-refractivity contribution in [1.82, 2.24) is 15.0 Å². The lowest BCUT2D eigenvalue weighted by molar-refractivity contribution is 1.18.